The first-order chi connectivity index (χ1) is 11.5. The summed E-state index contributed by atoms with van der Waals surface area (Å²) in [6, 6.07) is 5.09. The average Bonchev–Trinajstić information content (AvgIpc) is 2.99. The number of piperidine rings is 1. The summed E-state index contributed by atoms with van der Waals surface area (Å²) in [6.45, 7) is 0. The molecule has 1 aliphatic carbocycles. The fourth-order valence-corrected chi connectivity index (χ4v) is 3.12. The molecule has 1 aliphatic heterocycles. The van der Waals surface area contributed by atoms with E-state index in [9.17, 15) is 19.2 Å². The lowest BCUT2D eigenvalue weighted by Crippen LogP contribution is -2.41. The van der Waals surface area contributed by atoms with E-state index in [4.69, 9.17) is 4.74 Å². The average molecular weight is 327 g/mol. The van der Waals surface area contributed by atoms with Crippen LogP contribution in [-0.4, -0.2) is 30.7 Å². The third-order valence-electron chi connectivity index (χ3n) is 4.43. The van der Waals surface area contributed by atoms with Gasteiger partial charge < -0.3 is 4.74 Å². The Labute approximate surface area is 138 Å². The van der Waals surface area contributed by atoms with Gasteiger partial charge in [0, 0.05) is 24.3 Å². The van der Waals surface area contributed by atoms with Gasteiger partial charge in [-0.15, -0.1) is 0 Å². The van der Waals surface area contributed by atoms with Crippen LogP contribution in [0.15, 0.2) is 24.3 Å². The normalized spacial score (nSPS) is 19.4. The Kier molecular flexibility index (Phi) is 4.29. The fraction of sp³-hybridized carbons (Fsp3) is 0.333. The number of carbonyl (C=O) groups excluding carboxylic acids is 4. The molecule has 0 radical (unpaired) electrons. The van der Waals surface area contributed by atoms with Gasteiger partial charge in [0.15, 0.2) is 5.78 Å². The first-order valence-corrected chi connectivity index (χ1v) is 7.78. The van der Waals surface area contributed by atoms with E-state index in [1.54, 1.807) is 18.2 Å². The van der Waals surface area contributed by atoms with Gasteiger partial charge in [0.2, 0.25) is 11.8 Å². The molecule has 2 aliphatic rings. The third-order valence-corrected chi connectivity index (χ3v) is 4.43. The number of carbonyl (C=O) groups is 4. The van der Waals surface area contributed by atoms with Crippen LogP contribution in [0.5, 0.6) is 0 Å². The second-order valence-electron chi connectivity index (χ2n) is 5.96. The lowest BCUT2D eigenvalue weighted by molar-refractivity contribution is -0.137. The van der Waals surface area contributed by atoms with Crippen molar-refractivity contribution in [3.05, 3.63) is 41.0 Å². The largest absolute Gasteiger partial charge is 0.465 e. The van der Waals surface area contributed by atoms with Crippen molar-refractivity contribution in [2.45, 2.75) is 25.7 Å². The zero-order valence-electron chi connectivity index (χ0n) is 13.3. The summed E-state index contributed by atoms with van der Waals surface area (Å²) in [5.41, 5.74) is 2.71. The Bertz CT molecular complexity index is 778. The minimum atomic E-state index is -0.463. The van der Waals surface area contributed by atoms with Gasteiger partial charge in [-0.3, -0.25) is 19.7 Å². The van der Waals surface area contributed by atoms with Crippen LogP contribution in [0.1, 0.15) is 40.7 Å². The lowest BCUT2D eigenvalue weighted by Gasteiger charge is -2.20. The van der Waals surface area contributed by atoms with E-state index in [1.807, 2.05) is 6.08 Å². The number of nitrogens with one attached hydrogen (secondary N) is 1. The Morgan fingerprint density at radius 2 is 2.08 bits per heavy atom. The molecule has 1 atom stereocenters. The van der Waals surface area contributed by atoms with Gasteiger partial charge in [0.1, 0.15) is 0 Å². The number of ether oxygens (including phenoxy) is 1. The van der Waals surface area contributed by atoms with E-state index in [0.29, 0.717) is 24.0 Å². The number of methoxy groups -OCH3 is 1. The van der Waals surface area contributed by atoms with Crippen LogP contribution in [0.3, 0.4) is 0 Å². The molecule has 0 unspecified atom stereocenters. The number of benzene rings is 1. The Morgan fingerprint density at radius 1 is 1.29 bits per heavy atom. The maximum Gasteiger partial charge on any atom is 0.337 e. The quantitative estimate of drug-likeness (QED) is 0.667. The molecule has 0 aromatic heterocycles. The maximum atomic E-state index is 12.6. The summed E-state index contributed by atoms with van der Waals surface area (Å²) < 4.78 is 4.70. The van der Waals surface area contributed by atoms with E-state index >= 15 is 0 Å². The van der Waals surface area contributed by atoms with E-state index in [-0.39, 0.29) is 30.4 Å². The summed E-state index contributed by atoms with van der Waals surface area (Å²) in [5.74, 6) is -1.66. The number of hydrogen-bond acceptors (Lipinski definition) is 5. The highest BCUT2D eigenvalue weighted by Crippen LogP contribution is 2.31. The van der Waals surface area contributed by atoms with Crippen molar-refractivity contribution in [1.29, 1.82) is 0 Å². The first-order valence-electron chi connectivity index (χ1n) is 7.78. The topological polar surface area (TPSA) is 89.5 Å². The second-order valence-corrected chi connectivity index (χ2v) is 5.96. The van der Waals surface area contributed by atoms with Crippen molar-refractivity contribution in [1.82, 2.24) is 5.32 Å². The highest BCUT2D eigenvalue weighted by atomic mass is 16.5. The minimum Gasteiger partial charge on any atom is -0.465 e. The number of fused-ring (bicyclic) bond motifs is 1. The van der Waals surface area contributed by atoms with Crippen molar-refractivity contribution in [2.24, 2.45) is 5.92 Å². The molecule has 24 heavy (non-hydrogen) atoms. The monoisotopic (exact) mass is 327 g/mol. The van der Waals surface area contributed by atoms with Crippen molar-refractivity contribution >= 4 is 29.1 Å². The zero-order valence-corrected chi connectivity index (χ0v) is 13.3. The van der Waals surface area contributed by atoms with Crippen molar-refractivity contribution in [3.8, 4) is 0 Å². The smallest absolute Gasteiger partial charge is 0.337 e. The van der Waals surface area contributed by atoms with Gasteiger partial charge in [0.05, 0.1) is 12.7 Å². The Morgan fingerprint density at radius 3 is 2.79 bits per heavy atom. The molecular weight excluding hydrogens is 310 g/mol. The number of allylic oxidation sites excluding steroid dienone is 2. The van der Waals surface area contributed by atoms with Crippen molar-refractivity contribution in [2.75, 3.05) is 7.11 Å². The van der Waals surface area contributed by atoms with Gasteiger partial charge in [-0.05, 0) is 36.1 Å². The number of amides is 2. The number of imide groups is 1. The molecular formula is C18H17NO5. The van der Waals surface area contributed by atoms with Gasteiger partial charge in [-0.1, -0.05) is 12.1 Å². The Hall–Kier alpha value is -2.76. The molecule has 1 saturated heterocycles. The molecule has 1 fully saturated rings. The summed E-state index contributed by atoms with van der Waals surface area (Å²) in [7, 11) is 1.32. The van der Waals surface area contributed by atoms with Crippen LogP contribution in [0, 0.1) is 5.92 Å². The van der Waals surface area contributed by atoms with Crippen LogP contribution in [-0.2, 0) is 25.5 Å². The van der Waals surface area contributed by atoms with E-state index in [2.05, 4.69) is 5.32 Å². The zero-order chi connectivity index (χ0) is 17.3. The predicted octanol–water partition coefficient (Wildman–Crippen LogP) is 1.42. The summed E-state index contributed by atoms with van der Waals surface area (Å²) in [5, 5.41) is 2.27. The molecule has 2 amide bonds. The van der Waals surface area contributed by atoms with E-state index in [1.165, 1.54) is 7.11 Å². The minimum absolute atomic E-state index is 0.0864. The molecule has 6 heteroatoms. The summed E-state index contributed by atoms with van der Waals surface area (Å²) in [6.07, 6.45) is 3.14. The molecule has 124 valence electrons. The molecule has 1 aromatic carbocycles. The molecule has 6 nitrogen and oxygen atoms in total. The molecule has 1 heterocycles. The summed E-state index contributed by atoms with van der Waals surface area (Å²) >= 11 is 0. The molecule has 0 saturated carbocycles. The van der Waals surface area contributed by atoms with Gasteiger partial charge in [-0.2, -0.15) is 0 Å². The third kappa shape index (κ3) is 2.99. The van der Waals surface area contributed by atoms with Gasteiger partial charge >= 0.3 is 5.97 Å². The van der Waals surface area contributed by atoms with E-state index in [0.717, 1.165) is 11.1 Å². The lowest BCUT2D eigenvalue weighted by atomic mass is 9.89. The number of Topliss-reactive ketones (excluding diaryl/α,β-unsaturated/α-hetero) is 1. The number of esters is 1. The van der Waals surface area contributed by atoms with Crippen molar-refractivity contribution < 1.29 is 23.9 Å². The van der Waals surface area contributed by atoms with Crippen LogP contribution in [0.2, 0.25) is 0 Å². The second kappa shape index (κ2) is 6.39. The molecule has 3 rings (SSSR count). The molecule has 1 N–H and O–H groups in total. The predicted molar refractivity (Wildman–Crippen MR) is 85.0 cm³/mol. The number of ketones is 1. The maximum absolute atomic E-state index is 12.6. The number of hydrogen-bond donors (Lipinski definition) is 1. The van der Waals surface area contributed by atoms with Gasteiger partial charge in [0.25, 0.3) is 0 Å². The SMILES string of the molecule is COC(=O)c1ccc2c(c1)CC=C2C(=O)C[C@H]1CCC(=O)NC1=O. The van der Waals surface area contributed by atoms with Crippen LogP contribution >= 0.6 is 0 Å². The van der Waals surface area contributed by atoms with Crippen LogP contribution in [0.25, 0.3) is 5.57 Å². The standard InChI is InChI=1S/C18H17NO5/c1-24-18(23)12-3-5-13-10(8-12)2-6-14(13)15(20)9-11-4-7-16(21)19-17(11)22/h3,5-6,8,11H,2,4,7,9H2,1H3,(H,19,21,22)/t11-/m1/s1. The fourth-order valence-electron chi connectivity index (χ4n) is 3.12. The molecule has 1 aromatic rings. The molecule has 0 bridgehead atoms. The molecule has 0 spiro atoms. The highest BCUT2D eigenvalue weighted by molar-refractivity contribution is 6.23. The van der Waals surface area contributed by atoms with E-state index < -0.39 is 11.9 Å². The highest BCUT2D eigenvalue weighted by Gasteiger charge is 2.30. The van der Waals surface area contributed by atoms with Gasteiger partial charge in [-0.25, -0.2) is 4.79 Å². The number of rotatable bonds is 4. The van der Waals surface area contributed by atoms with Crippen LogP contribution in [0.4, 0.5) is 0 Å². The Balaban J connectivity index is 1.73. The summed E-state index contributed by atoms with van der Waals surface area (Å²) in [4.78, 5) is 47.1. The van der Waals surface area contributed by atoms with Crippen LogP contribution < -0.4 is 5.32 Å². The van der Waals surface area contributed by atoms with Crippen molar-refractivity contribution in [3.63, 3.8) is 0 Å². The first kappa shape index (κ1) is 16.1.